The Morgan fingerprint density at radius 2 is 1.67 bits per heavy atom. The van der Waals surface area contributed by atoms with Crippen LogP contribution in [0.3, 0.4) is 0 Å². The number of carbonyl (C=O) groups is 2. The number of benzene rings is 2. The lowest BCUT2D eigenvalue weighted by Crippen LogP contribution is -2.47. The minimum Gasteiger partial charge on any atom is -0.494 e. The highest BCUT2D eigenvalue weighted by molar-refractivity contribution is 5.94. The zero-order valence-electron chi connectivity index (χ0n) is 16.7. The van der Waals surface area contributed by atoms with Crippen LogP contribution < -0.4 is 14.8 Å². The SMILES string of the molecule is CCOc1ccc(OCC(=O)NC2CCN(C(=O)c3ccc(F)cc3F)CC2)cc1. The first kappa shape index (κ1) is 21.5. The summed E-state index contributed by atoms with van der Waals surface area (Å²) >= 11 is 0. The van der Waals surface area contributed by atoms with Crippen LogP contribution in [0, 0.1) is 11.6 Å². The number of carbonyl (C=O) groups excluding carboxylic acids is 2. The van der Waals surface area contributed by atoms with Crippen molar-refractivity contribution in [3.63, 3.8) is 0 Å². The molecular weight excluding hydrogens is 394 g/mol. The van der Waals surface area contributed by atoms with Crippen LogP contribution in [0.15, 0.2) is 42.5 Å². The lowest BCUT2D eigenvalue weighted by molar-refractivity contribution is -0.124. The molecule has 2 aromatic carbocycles. The van der Waals surface area contributed by atoms with Gasteiger partial charge in [0.15, 0.2) is 6.61 Å². The van der Waals surface area contributed by atoms with E-state index in [9.17, 15) is 18.4 Å². The summed E-state index contributed by atoms with van der Waals surface area (Å²) in [7, 11) is 0. The lowest BCUT2D eigenvalue weighted by Gasteiger charge is -2.32. The van der Waals surface area contributed by atoms with Crippen LogP contribution >= 0.6 is 0 Å². The number of ether oxygens (including phenoxy) is 2. The Morgan fingerprint density at radius 3 is 2.27 bits per heavy atom. The Kier molecular flexibility index (Phi) is 7.21. The van der Waals surface area contributed by atoms with Crippen LogP contribution in [-0.4, -0.2) is 49.1 Å². The van der Waals surface area contributed by atoms with Crippen molar-refractivity contribution in [2.75, 3.05) is 26.3 Å². The van der Waals surface area contributed by atoms with Crippen molar-refractivity contribution in [3.05, 3.63) is 59.7 Å². The molecule has 0 aromatic heterocycles. The average Bonchev–Trinajstić information content (AvgIpc) is 2.74. The predicted molar refractivity (Wildman–Crippen MR) is 107 cm³/mol. The van der Waals surface area contributed by atoms with Gasteiger partial charge in [0, 0.05) is 25.2 Å². The molecule has 0 spiro atoms. The van der Waals surface area contributed by atoms with E-state index in [2.05, 4.69) is 5.32 Å². The van der Waals surface area contributed by atoms with Crippen molar-refractivity contribution in [2.45, 2.75) is 25.8 Å². The third-order valence-corrected chi connectivity index (χ3v) is 4.81. The second-order valence-electron chi connectivity index (χ2n) is 6.95. The van der Waals surface area contributed by atoms with Crippen LogP contribution in [-0.2, 0) is 4.79 Å². The summed E-state index contributed by atoms with van der Waals surface area (Å²) in [6.07, 6.45) is 1.09. The maximum Gasteiger partial charge on any atom is 0.258 e. The molecule has 0 unspecified atom stereocenters. The molecule has 30 heavy (non-hydrogen) atoms. The van der Waals surface area contributed by atoms with Gasteiger partial charge in [-0.15, -0.1) is 0 Å². The molecule has 6 nitrogen and oxygen atoms in total. The minimum atomic E-state index is -0.873. The fraction of sp³-hybridized carbons (Fsp3) is 0.364. The standard InChI is InChI=1S/C22H24F2N2O4/c1-2-29-17-4-6-18(7-5-17)30-14-21(27)25-16-9-11-26(12-10-16)22(28)19-8-3-15(23)13-20(19)24/h3-8,13,16H,2,9-12,14H2,1H3,(H,25,27). The zero-order chi connectivity index (χ0) is 21.5. The number of rotatable bonds is 7. The lowest BCUT2D eigenvalue weighted by atomic mass is 10.0. The van der Waals surface area contributed by atoms with Gasteiger partial charge in [-0.05, 0) is 56.2 Å². The summed E-state index contributed by atoms with van der Waals surface area (Å²) in [5.41, 5.74) is -0.150. The van der Waals surface area contributed by atoms with Crippen molar-refractivity contribution in [1.29, 1.82) is 0 Å². The number of hydrogen-bond donors (Lipinski definition) is 1. The monoisotopic (exact) mass is 418 g/mol. The number of nitrogens with one attached hydrogen (secondary N) is 1. The molecule has 1 N–H and O–H groups in total. The maximum atomic E-state index is 13.8. The van der Waals surface area contributed by atoms with Gasteiger partial charge in [-0.1, -0.05) is 0 Å². The zero-order valence-corrected chi connectivity index (χ0v) is 16.7. The van der Waals surface area contributed by atoms with Gasteiger partial charge in [-0.25, -0.2) is 8.78 Å². The van der Waals surface area contributed by atoms with E-state index in [4.69, 9.17) is 9.47 Å². The molecule has 1 aliphatic heterocycles. The van der Waals surface area contributed by atoms with Crippen LogP contribution in [0.2, 0.25) is 0 Å². The first-order chi connectivity index (χ1) is 14.5. The highest BCUT2D eigenvalue weighted by Gasteiger charge is 2.26. The second-order valence-corrected chi connectivity index (χ2v) is 6.95. The molecule has 1 aliphatic rings. The van der Waals surface area contributed by atoms with Crippen molar-refractivity contribution in [1.82, 2.24) is 10.2 Å². The molecule has 0 aliphatic carbocycles. The molecule has 8 heteroatoms. The Labute approximate surface area is 173 Å². The van der Waals surface area contributed by atoms with E-state index in [0.29, 0.717) is 44.4 Å². The summed E-state index contributed by atoms with van der Waals surface area (Å²) in [6, 6.07) is 9.83. The van der Waals surface area contributed by atoms with Gasteiger partial charge in [0.1, 0.15) is 23.1 Å². The predicted octanol–water partition coefficient (Wildman–Crippen LogP) is 3.16. The second kappa shape index (κ2) is 10.0. The summed E-state index contributed by atoms with van der Waals surface area (Å²) < 4.78 is 37.7. The molecule has 1 saturated heterocycles. The van der Waals surface area contributed by atoms with Crippen LogP contribution in [0.4, 0.5) is 8.78 Å². The van der Waals surface area contributed by atoms with Gasteiger partial charge in [-0.3, -0.25) is 9.59 Å². The largest absolute Gasteiger partial charge is 0.494 e. The highest BCUT2D eigenvalue weighted by atomic mass is 19.1. The fourth-order valence-corrected chi connectivity index (χ4v) is 3.28. The van der Waals surface area contributed by atoms with Crippen molar-refractivity contribution in [3.8, 4) is 11.5 Å². The minimum absolute atomic E-state index is 0.0939. The molecule has 1 fully saturated rings. The van der Waals surface area contributed by atoms with E-state index >= 15 is 0 Å². The number of nitrogens with zero attached hydrogens (tertiary/aromatic N) is 1. The number of piperidine rings is 1. The first-order valence-corrected chi connectivity index (χ1v) is 9.85. The van der Waals surface area contributed by atoms with Gasteiger partial charge < -0.3 is 19.7 Å². The molecular formula is C22H24F2N2O4. The van der Waals surface area contributed by atoms with Crippen molar-refractivity contribution < 1.29 is 27.8 Å². The molecule has 0 bridgehead atoms. The smallest absolute Gasteiger partial charge is 0.258 e. The van der Waals surface area contributed by atoms with Crippen molar-refractivity contribution in [2.24, 2.45) is 0 Å². The van der Waals surface area contributed by atoms with E-state index in [1.54, 1.807) is 24.3 Å². The highest BCUT2D eigenvalue weighted by Crippen LogP contribution is 2.18. The van der Waals surface area contributed by atoms with Gasteiger partial charge in [-0.2, -0.15) is 0 Å². The average molecular weight is 418 g/mol. The molecule has 0 radical (unpaired) electrons. The third kappa shape index (κ3) is 5.68. The molecule has 3 rings (SSSR count). The van der Waals surface area contributed by atoms with E-state index in [-0.39, 0.29) is 24.1 Å². The number of likely N-dealkylation sites (tertiary alicyclic amines) is 1. The topological polar surface area (TPSA) is 67.9 Å². The summed E-state index contributed by atoms with van der Waals surface area (Å²) in [5, 5.41) is 2.89. The summed E-state index contributed by atoms with van der Waals surface area (Å²) in [6.45, 7) is 3.11. The quantitative estimate of drug-likeness (QED) is 0.750. The van der Waals surface area contributed by atoms with E-state index in [1.807, 2.05) is 6.92 Å². The Hall–Kier alpha value is -3.16. The molecule has 160 valence electrons. The van der Waals surface area contributed by atoms with Crippen LogP contribution in [0.25, 0.3) is 0 Å². The Balaban J connectivity index is 1.42. The van der Waals surface area contributed by atoms with Gasteiger partial charge >= 0.3 is 0 Å². The Morgan fingerprint density at radius 1 is 1.03 bits per heavy atom. The molecule has 2 amide bonds. The van der Waals surface area contributed by atoms with E-state index in [0.717, 1.165) is 17.9 Å². The molecule has 1 heterocycles. The van der Waals surface area contributed by atoms with Gasteiger partial charge in [0.25, 0.3) is 11.8 Å². The number of amides is 2. The molecule has 0 atom stereocenters. The molecule has 2 aromatic rings. The normalized spacial score (nSPS) is 14.3. The Bertz CT molecular complexity index is 881. The third-order valence-electron chi connectivity index (χ3n) is 4.81. The van der Waals surface area contributed by atoms with Crippen LogP contribution in [0.5, 0.6) is 11.5 Å². The summed E-state index contributed by atoms with van der Waals surface area (Å²) in [5.74, 6) is -1.03. The number of hydrogen-bond acceptors (Lipinski definition) is 4. The molecule has 0 saturated carbocycles. The number of halogens is 2. The fourth-order valence-electron chi connectivity index (χ4n) is 3.28. The van der Waals surface area contributed by atoms with E-state index < -0.39 is 17.5 Å². The van der Waals surface area contributed by atoms with Crippen molar-refractivity contribution >= 4 is 11.8 Å². The van der Waals surface area contributed by atoms with Gasteiger partial charge in [0.2, 0.25) is 0 Å². The first-order valence-electron chi connectivity index (χ1n) is 9.85. The van der Waals surface area contributed by atoms with E-state index in [1.165, 1.54) is 4.90 Å². The summed E-state index contributed by atoms with van der Waals surface area (Å²) in [4.78, 5) is 26.1. The van der Waals surface area contributed by atoms with Crippen LogP contribution in [0.1, 0.15) is 30.1 Å². The van der Waals surface area contributed by atoms with Gasteiger partial charge in [0.05, 0.1) is 12.2 Å². The maximum absolute atomic E-state index is 13.8.